The average molecular weight is 233 g/mol. The zero-order valence-electron chi connectivity index (χ0n) is 9.94. The lowest BCUT2D eigenvalue weighted by Gasteiger charge is -2.09. The lowest BCUT2D eigenvalue weighted by Crippen LogP contribution is -1.96. The molecule has 1 N–H and O–H groups in total. The molecular formula is C15H11N3. The summed E-state index contributed by atoms with van der Waals surface area (Å²) in [5.41, 5.74) is 2.34. The lowest BCUT2D eigenvalue weighted by molar-refractivity contribution is 1.36. The molecule has 0 unspecified atom stereocenters. The van der Waals surface area contributed by atoms with Crippen molar-refractivity contribution in [1.29, 1.82) is 5.26 Å². The van der Waals surface area contributed by atoms with E-state index < -0.39 is 0 Å². The topological polar surface area (TPSA) is 48.7 Å². The fraction of sp³-hybridized carbons (Fsp3) is 0.0667. The summed E-state index contributed by atoms with van der Waals surface area (Å²) in [6.45, 7) is 0. The highest BCUT2D eigenvalue weighted by Gasteiger charge is 2.09. The number of nitrogens with one attached hydrogen (secondary N) is 1. The Balaban J connectivity index is 2.51. The molecule has 3 nitrogen and oxygen atoms in total. The molecule has 0 radical (unpaired) electrons. The predicted molar refractivity (Wildman–Crippen MR) is 73.5 cm³/mol. The van der Waals surface area contributed by atoms with Gasteiger partial charge in [0.05, 0.1) is 16.8 Å². The second-order valence-electron chi connectivity index (χ2n) is 4.09. The third kappa shape index (κ3) is 1.40. The van der Waals surface area contributed by atoms with Gasteiger partial charge in [-0.3, -0.25) is 4.98 Å². The first-order valence-corrected chi connectivity index (χ1v) is 5.73. The number of rotatable bonds is 1. The van der Waals surface area contributed by atoms with Crippen molar-refractivity contribution in [3.63, 3.8) is 0 Å². The maximum atomic E-state index is 9.09. The van der Waals surface area contributed by atoms with Gasteiger partial charge in [-0.2, -0.15) is 5.26 Å². The van der Waals surface area contributed by atoms with E-state index in [-0.39, 0.29) is 0 Å². The number of pyridine rings is 1. The zero-order chi connectivity index (χ0) is 12.5. The van der Waals surface area contributed by atoms with Crippen molar-refractivity contribution in [1.82, 2.24) is 4.98 Å². The smallest absolute Gasteiger partial charge is 0.103 e. The standard InChI is InChI=1S/C15H11N3/c1-17-14-11(8-16)9-18-15-12-5-3-2-4-10(12)6-7-13(14)15/h2-7,9H,1H3,(H,17,18). The Labute approximate surface area is 105 Å². The molecule has 0 spiro atoms. The molecule has 0 aliphatic rings. The van der Waals surface area contributed by atoms with E-state index in [2.05, 4.69) is 34.6 Å². The van der Waals surface area contributed by atoms with E-state index in [1.165, 1.54) is 0 Å². The Bertz CT molecular complexity index is 785. The van der Waals surface area contributed by atoms with Crippen LogP contribution in [0.25, 0.3) is 21.7 Å². The molecule has 0 atom stereocenters. The van der Waals surface area contributed by atoms with Gasteiger partial charge in [0.15, 0.2) is 0 Å². The third-order valence-electron chi connectivity index (χ3n) is 3.13. The van der Waals surface area contributed by atoms with Crippen LogP contribution in [0.2, 0.25) is 0 Å². The summed E-state index contributed by atoms with van der Waals surface area (Å²) < 4.78 is 0. The normalized spacial score (nSPS) is 10.4. The van der Waals surface area contributed by atoms with Gasteiger partial charge in [-0.05, 0) is 5.39 Å². The van der Waals surface area contributed by atoms with E-state index in [4.69, 9.17) is 5.26 Å². The monoisotopic (exact) mass is 233 g/mol. The largest absolute Gasteiger partial charge is 0.386 e. The highest BCUT2D eigenvalue weighted by molar-refractivity contribution is 6.09. The summed E-state index contributed by atoms with van der Waals surface area (Å²) >= 11 is 0. The molecule has 86 valence electrons. The van der Waals surface area contributed by atoms with E-state index in [1.54, 1.807) is 6.20 Å². The van der Waals surface area contributed by atoms with E-state index >= 15 is 0 Å². The van der Waals surface area contributed by atoms with Gasteiger partial charge in [-0.25, -0.2) is 0 Å². The van der Waals surface area contributed by atoms with Gasteiger partial charge >= 0.3 is 0 Å². The molecule has 0 fully saturated rings. The molecule has 0 saturated heterocycles. The number of nitrogens with zero attached hydrogens (tertiary/aromatic N) is 2. The molecule has 0 amide bonds. The summed E-state index contributed by atoms with van der Waals surface area (Å²) in [6, 6.07) is 14.4. The summed E-state index contributed by atoms with van der Waals surface area (Å²) in [4.78, 5) is 4.43. The van der Waals surface area contributed by atoms with Gasteiger partial charge in [0.1, 0.15) is 6.07 Å². The second kappa shape index (κ2) is 4.01. The second-order valence-corrected chi connectivity index (χ2v) is 4.09. The highest BCUT2D eigenvalue weighted by Crippen LogP contribution is 2.30. The molecule has 3 rings (SSSR count). The number of aromatic nitrogens is 1. The number of nitriles is 1. The Morgan fingerprint density at radius 2 is 1.94 bits per heavy atom. The van der Waals surface area contributed by atoms with Crippen LogP contribution < -0.4 is 5.32 Å². The Morgan fingerprint density at radius 3 is 2.72 bits per heavy atom. The van der Waals surface area contributed by atoms with Crippen molar-refractivity contribution in [2.45, 2.75) is 0 Å². The van der Waals surface area contributed by atoms with Crippen molar-refractivity contribution in [3.05, 3.63) is 48.2 Å². The fourth-order valence-electron chi connectivity index (χ4n) is 2.29. The minimum Gasteiger partial charge on any atom is -0.386 e. The molecule has 3 heteroatoms. The van der Waals surface area contributed by atoms with Gasteiger partial charge in [0, 0.05) is 24.0 Å². The van der Waals surface area contributed by atoms with Gasteiger partial charge in [-0.15, -0.1) is 0 Å². The molecule has 0 aliphatic heterocycles. The number of hydrogen-bond acceptors (Lipinski definition) is 3. The van der Waals surface area contributed by atoms with Crippen LogP contribution in [0.3, 0.4) is 0 Å². The summed E-state index contributed by atoms with van der Waals surface area (Å²) in [5, 5.41) is 15.4. The Kier molecular flexibility index (Phi) is 2.35. The molecule has 3 aromatic rings. The van der Waals surface area contributed by atoms with Crippen LogP contribution in [0.15, 0.2) is 42.6 Å². The lowest BCUT2D eigenvalue weighted by atomic mass is 10.0. The first kappa shape index (κ1) is 10.5. The number of anilines is 1. The van der Waals surface area contributed by atoms with Crippen LogP contribution in [0.4, 0.5) is 5.69 Å². The van der Waals surface area contributed by atoms with E-state index in [9.17, 15) is 0 Å². The molecule has 0 aliphatic carbocycles. The van der Waals surface area contributed by atoms with Crippen molar-refractivity contribution in [2.24, 2.45) is 0 Å². The van der Waals surface area contributed by atoms with Crippen molar-refractivity contribution < 1.29 is 0 Å². The van der Waals surface area contributed by atoms with Crippen molar-refractivity contribution in [3.8, 4) is 6.07 Å². The number of hydrogen-bond donors (Lipinski definition) is 1. The summed E-state index contributed by atoms with van der Waals surface area (Å²) in [7, 11) is 1.82. The molecule has 0 bridgehead atoms. The SMILES string of the molecule is CNc1c(C#N)cnc2c1ccc1ccccc12. The molecule has 1 heterocycles. The van der Waals surface area contributed by atoms with Crippen molar-refractivity contribution in [2.75, 3.05) is 12.4 Å². The molecule has 1 aromatic heterocycles. The van der Waals surface area contributed by atoms with Gasteiger partial charge in [-0.1, -0.05) is 36.4 Å². The van der Waals surface area contributed by atoms with Gasteiger partial charge in [0.25, 0.3) is 0 Å². The van der Waals surface area contributed by atoms with E-state index in [0.717, 1.165) is 27.4 Å². The van der Waals surface area contributed by atoms with Crippen LogP contribution in [0.5, 0.6) is 0 Å². The van der Waals surface area contributed by atoms with Crippen LogP contribution in [-0.2, 0) is 0 Å². The minimum atomic E-state index is 0.570. The molecular weight excluding hydrogens is 222 g/mol. The van der Waals surface area contributed by atoms with Gasteiger partial charge < -0.3 is 5.32 Å². The molecule has 2 aromatic carbocycles. The maximum Gasteiger partial charge on any atom is 0.103 e. The van der Waals surface area contributed by atoms with Crippen LogP contribution in [-0.4, -0.2) is 12.0 Å². The van der Waals surface area contributed by atoms with E-state index in [1.807, 2.05) is 25.2 Å². The molecule has 0 saturated carbocycles. The van der Waals surface area contributed by atoms with Gasteiger partial charge in [0.2, 0.25) is 0 Å². The van der Waals surface area contributed by atoms with Crippen LogP contribution in [0, 0.1) is 11.3 Å². The highest BCUT2D eigenvalue weighted by atomic mass is 14.8. The fourth-order valence-corrected chi connectivity index (χ4v) is 2.29. The minimum absolute atomic E-state index is 0.570. The van der Waals surface area contributed by atoms with E-state index in [0.29, 0.717) is 5.56 Å². The maximum absolute atomic E-state index is 9.09. The predicted octanol–water partition coefficient (Wildman–Crippen LogP) is 3.30. The Hall–Kier alpha value is -2.60. The summed E-state index contributed by atoms with van der Waals surface area (Å²) in [6.07, 6.45) is 1.63. The molecule has 18 heavy (non-hydrogen) atoms. The van der Waals surface area contributed by atoms with Crippen LogP contribution >= 0.6 is 0 Å². The first-order valence-electron chi connectivity index (χ1n) is 5.73. The number of benzene rings is 2. The van der Waals surface area contributed by atoms with Crippen molar-refractivity contribution >= 4 is 27.4 Å². The first-order chi connectivity index (χ1) is 8.85. The Morgan fingerprint density at radius 1 is 1.11 bits per heavy atom. The van der Waals surface area contributed by atoms with Crippen LogP contribution in [0.1, 0.15) is 5.56 Å². The third-order valence-corrected chi connectivity index (χ3v) is 3.13. The zero-order valence-corrected chi connectivity index (χ0v) is 9.94. The average Bonchev–Trinajstić information content (AvgIpc) is 2.45. The number of fused-ring (bicyclic) bond motifs is 3. The quantitative estimate of drug-likeness (QED) is 0.656. The summed E-state index contributed by atoms with van der Waals surface area (Å²) in [5.74, 6) is 0.